The highest BCUT2D eigenvalue weighted by Crippen LogP contribution is 2.13. The summed E-state index contributed by atoms with van der Waals surface area (Å²) in [6.45, 7) is 4.59. The molecule has 0 aromatic heterocycles. The van der Waals surface area contributed by atoms with E-state index in [1.165, 1.54) is 109 Å². The highest BCUT2D eigenvalue weighted by Gasteiger charge is 1.94. The van der Waals surface area contributed by atoms with Crippen LogP contribution < -0.4 is 11.7 Å². The Labute approximate surface area is 147 Å². The summed E-state index contributed by atoms with van der Waals surface area (Å²) in [4.78, 5) is 0. The number of hydrogen-bond acceptors (Lipinski definition) is 2. The van der Waals surface area contributed by atoms with Crippen molar-refractivity contribution in [3.8, 4) is 0 Å². The summed E-state index contributed by atoms with van der Waals surface area (Å²) >= 11 is 0. The zero-order chi connectivity index (χ0) is 16.0. The van der Waals surface area contributed by atoms with Crippen molar-refractivity contribution in [1.82, 2.24) is 0 Å². The average Bonchev–Trinajstić information content (AvgIpc) is 2.53. The predicted molar refractivity (Wildman–Crippen MR) is 105 cm³/mol. The van der Waals surface area contributed by atoms with Crippen molar-refractivity contribution in [2.24, 2.45) is 11.7 Å². The van der Waals surface area contributed by atoms with Gasteiger partial charge in [-0.05, 0) is 0 Å². The van der Waals surface area contributed by atoms with Gasteiger partial charge in [-0.2, -0.15) is 0 Å². The maximum Gasteiger partial charge on any atom is -0.0533 e. The first kappa shape index (κ1) is 27.1. The van der Waals surface area contributed by atoms with Gasteiger partial charge in [0.25, 0.3) is 0 Å². The molecule has 3 heteroatoms. The lowest BCUT2D eigenvalue weighted by atomic mass is 10.0. The van der Waals surface area contributed by atoms with Gasteiger partial charge in [0.2, 0.25) is 0 Å². The van der Waals surface area contributed by atoms with Gasteiger partial charge >= 0.3 is 0 Å². The van der Waals surface area contributed by atoms with Gasteiger partial charge in [-0.1, -0.05) is 123 Å². The topological polar surface area (TPSA) is 52.0 Å². The van der Waals surface area contributed by atoms with E-state index in [0.717, 1.165) is 0 Å². The fraction of sp³-hybridized carbons (Fsp3) is 1.00. The second-order valence-corrected chi connectivity index (χ2v) is 6.30. The molecular formula is C19H45ClN2. The van der Waals surface area contributed by atoms with Crippen LogP contribution >= 0.6 is 12.4 Å². The molecule has 0 aliphatic heterocycles. The van der Waals surface area contributed by atoms with E-state index < -0.39 is 0 Å². The smallest absolute Gasteiger partial charge is 0.0533 e. The Hall–Kier alpha value is 0.210. The Morgan fingerprint density at radius 2 is 0.500 bits per heavy atom. The summed E-state index contributed by atoms with van der Waals surface area (Å²) in [6.07, 6.45) is 24.9. The van der Waals surface area contributed by atoms with Crippen LogP contribution in [-0.2, 0) is 0 Å². The lowest BCUT2D eigenvalue weighted by Gasteiger charge is -2.03. The van der Waals surface area contributed by atoms with E-state index in [1.807, 2.05) is 0 Å². The number of unbranched alkanes of at least 4 members (excludes halogenated alkanes) is 16. The van der Waals surface area contributed by atoms with Crippen LogP contribution in [0.3, 0.4) is 0 Å². The van der Waals surface area contributed by atoms with Gasteiger partial charge in [0.1, 0.15) is 0 Å². The van der Waals surface area contributed by atoms with E-state index in [4.69, 9.17) is 0 Å². The molecule has 22 heavy (non-hydrogen) atoms. The summed E-state index contributed by atoms with van der Waals surface area (Å²) in [5, 5.41) is 0. The molecule has 0 saturated carbocycles. The summed E-state index contributed by atoms with van der Waals surface area (Å²) in [5.41, 5.74) is 0. The number of hydrogen-bond donors (Lipinski definition) is 2. The predicted octanol–water partition coefficient (Wildman–Crippen LogP) is 6.90. The standard InChI is InChI=1S/C19H40.ClH.H4N2/c1-3-5-7-9-11-13-15-17-19-18-16-14-12-10-8-6-4-2;;1-2/h3-19H2,1-2H3;1H;1-2H2. The third-order valence-electron chi connectivity index (χ3n) is 4.21. The van der Waals surface area contributed by atoms with Gasteiger partial charge in [0.15, 0.2) is 0 Å². The molecule has 0 unspecified atom stereocenters. The summed E-state index contributed by atoms with van der Waals surface area (Å²) in [7, 11) is 0. The molecule has 0 aromatic rings. The van der Waals surface area contributed by atoms with E-state index in [1.54, 1.807) is 0 Å². The van der Waals surface area contributed by atoms with E-state index >= 15 is 0 Å². The minimum atomic E-state index is 0. The molecule has 0 rings (SSSR count). The molecule has 4 N–H and O–H groups in total. The van der Waals surface area contributed by atoms with Crippen molar-refractivity contribution >= 4 is 12.4 Å². The van der Waals surface area contributed by atoms with Crippen molar-refractivity contribution in [1.29, 1.82) is 0 Å². The first-order chi connectivity index (χ1) is 10.4. The second kappa shape index (κ2) is 29.2. The molecule has 0 saturated heterocycles. The van der Waals surface area contributed by atoms with Crippen LogP contribution in [-0.4, -0.2) is 0 Å². The molecule has 0 heterocycles. The SMILES string of the molecule is CCCCCCCCCCCCCCCCCCC.Cl.NN. The van der Waals surface area contributed by atoms with Gasteiger partial charge in [0.05, 0.1) is 0 Å². The summed E-state index contributed by atoms with van der Waals surface area (Å²) < 4.78 is 0. The number of halogens is 1. The van der Waals surface area contributed by atoms with E-state index in [2.05, 4.69) is 25.5 Å². The molecule has 0 amide bonds. The van der Waals surface area contributed by atoms with E-state index in [-0.39, 0.29) is 12.4 Å². The van der Waals surface area contributed by atoms with Crippen molar-refractivity contribution < 1.29 is 0 Å². The third-order valence-corrected chi connectivity index (χ3v) is 4.21. The Kier molecular flexibility index (Phi) is 36.0. The lowest BCUT2D eigenvalue weighted by Crippen LogP contribution is -2.02. The normalized spacial score (nSPS) is 9.82. The van der Waals surface area contributed by atoms with Crippen molar-refractivity contribution in [2.45, 2.75) is 123 Å². The Morgan fingerprint density at radius 3 is 0.636 bits per heavy atom. The van der Waals surface area contributed by atoms with Gasteiger partial charge in [-0.3, -0.25) is 11.7 Å². The fourth-order valence-electron chi connectivity index (χ4n) is 2.80. The van der Waals surface area contributed by atoms with Gasteiger partial charge < -0.3 is 0 Å². The van der Waals surface area contributed by atoms with Crippen LogP contribution in [0.15, 0.2) is 0 Å². The zero-order valence-corrected chi connectivity index (χ0v) is 16.4. The molecule has 0 aromatic carbocycles. The summed E-state index contributed by atoms with van der Waals surface area (Å²) in [6, 6.07) is 0. The third kappa shape index (κ3) is 28.4. The molecule has 0 radical (unpaired) electrons. The van der Waals surface area contributed by atoms with Crippen LogP contribution in [0.1, 0.15) is 123 Å². The van der Waals surface area contributed by atoms with Crippen LogP contribution in [0.5, 0.6) is 0 Å². The molecule has 2 nitrogen and oxygen atoms in total. The Bertz CT molecular complexity index is 138. The summed E-state index contributed by atoms with van der Waals surface area (Å²) in [5.74, 6) is 8.00. The molecule has 0 aliphatic carbocycles. The highest BCUT2D eigenvalue weighted by molar-refractivity contribution is 5.85. The van der Waals surface area contributed by atoms with Crippen LogP contribution in [0.4, 0.5) is 0 Å². The molecule has 138 valence electrons. The lowest BCUT2D eigenvalue weighted by molar-refractivity contribution is 0.529. The zero-order valence-electron chi connectivity index (χ0n) is 15.6. The Balaban J connectivity index is -0.00000115. The highest BCUT2D eigenvalue weighted by atomic mass is 35.5. The molecule has 0 spiro atoms. The number of rotatable bonds is 16. The minimum Gasteiger partial charge on any atom is -0.274 e. The van der Waals surface area contributed by atoms with Crippen LogP contribution in [0.2, 0.25) is 0 Å². The molecule has 0 fully saturated rings. The minimum absolute atomic E-state index is 0. The van der Waals surface area contributed by atoms with Crippen molar-refractivity contribution in [3.63, 3.8) is 0 Å². The largest absolute Gasteiger partial charge is 0.274 e. The molecule has 0 bridgehead atoms. The van der Waals surface area contributed by atoms with Gasteiger partial charge in [-0.15, -0.1) is 12.4 Å². The monoisotopic (exact) mass is 336 g/mol. The average molecular weight is 337 g/mol. The van der Waals surface area contributed by atoms with E-state index in [0.29, 0.717) is 0 Å². The molecular weight excluding hydrogens is 292 g/mol. The first-order valence-electron chi connectivity index (χ1n) is 9.75. The van der Waals surface area contributed by atoms with Gasteiger partial charge in [-0.25, -0.2) is 0 Å². The number of hydrazine groups is 1. The van der Waals surface area contributed by atoms with Crippen molar-refractivity contribution in [2.75, 3.05) is 0 Å². The van der Waals surface area contributed by atoms with Crippen molar-refractivity contribution in [3.05, 3.63) is 0 Å². The maximum atomic E-state index is 4.00. The van der Waals surface area contributed by atoms with E-state index in [9.17, 15) is 0 Å². The van der Waals surface area contributed by atoms with Crippen LogP contribution in [0, 0.1) is 0 Å². The fourth-order valence-corrected chi connectivity index (χ4v) is 2.80. The Morgan fingerprint density at radius 1 is 0.364 bits per heavy atom. The van der Waals surface area contributed by atoms with Gasteiger partial charge in [0, 0.05) is 0 Å². The second-order valence-electron chi connectivity index (χ2n) is 6.30. The first-order valence-corrected chi connectivity index (χ1v) is 9.75. The molecule has 0 aliphatic rings. The quantitative estimate of drug-likeness (QED) is 0.183. The van der Waals surface area contributed by atoms with Crippen LogP contribution in [0.25, 0.3) is 0 Å². The maximum absolute atomic E-state index is 4.00. The molecule has 0 atom stereocenters. The number of nitrogens with two attached hydrogens (primary N) is 2.